The van der Waals surface area contributed by atoms with Crippen molar-refractivity contribution in [2.24, 2.45) is 10.9 Å². The Balaban J connectivity index is 0.00000364. The molecule has 0 atom stereocenters. The van der Waals surface area contributed by atoms with Gasteiger partial charge in [-0.2, -0.15) is 0 Å². The number of halogens is 1. The number of hydrogen-bond donors (Lipinski definition) is 2. The zero-order valence-electron chi connectivity index (χ0n) is 17.0. The predicted molar refractivity (Wildman–Crippen MR) is 123 cm³/mol. The number of likely N-dealkylation sites (tertiary alicyclic amines) is 1. The summed E-state index contributed by atoms with van der Waals surface area (Å²) in [6, 6.07) is 0.513. The van der Waals surface area contributed by atoms with Gasteiger partial charge in [-0.1, -0.05) is 6.08 Å². The maximum absolute atomic E-state index is 5.82. The molecule has 2 N–H and O–H groups in total. The number of hydrogen-bond acceptors (Lipinski definition) is 4. The SMILES string of the molecule is C=CCN1CCC(NC(=NCCCOCC2CCOCC2)NCC)CC1.I. The third-order valence-electron chi connectivity index (χ3n) is 5.07. The average molecular weight is 494 g/mol. The summed E-state index contributed by atoms with van der Waals surface area (Å²) in [7, 11) is 0. The fourth-order valence-corrected chi connectivity index (χ4v) is 3.48. The lowest BCUT2D eigenvalue weighted by Gasteiger charge is -2.32. The predicted octanol–water partition coefficient (Wildman–Crippen LogP) is 2.64. The Labute approximate surface area is 182 Å². The number of nitrogens with zero attached hydrogens (tertiary/aromatic N) is 2. The summed E-state index contributed by atoms with van der Waals surface area (Å²) in [6.07, 6.45) is 7.55. The van der Waals surface area contributed by atoms with Gasteiger partial charge >= 0.3 is 0 Å². The molecule has 2 saturated heterocycles. The molecule has 0 aromatic carbocycles. The number of guanidine groups is 1. The van der Waals surface area contributed by atoms with Gasteiger partial charge in [-0.3, -0.25) is 9.89 Å². The molecule has 2 fully saturated rings. The molecule has 2 rings (SSSR count). The van der Waals surface area contributed by atoms with Crippen LogP contribution < -0.4 is 10.6 Å². The van der Waals surface area contributed by atoms with Crippen LogP contribution in [0.5, 0.6) is 0 Å². The number of ether oxygens (including phenoxy) is 2. The van der Waals surface area contributed by atoms with Crippen molar-refractivity contribution in [2.75, 3.05) is 59.2 Å². The van der Waals surface area contributed by atoms with Crippen LogP contribution in [-0.4, -0.2) is 76.1 Å². The van der Waals surface area contributed by atoms with E-state index in [0.717, 1.165) is 97.2 Å². The van der Waals surface area contributed by atoms with Crippen LogP contribution >= 0.6 is 24.0 Å². The van der Waals surface area contributed by atoms with Crippen LogP contribution in [0, 0.1) is 5.92 Å². The molecule has 6 nitrogen and oxygen atoms in total. The maximum Gasteiger partial charge on any atom is 0.191 e. The molecule has 2 aliphatic heterocycles. The minimum atomic E-state index is 0. The quantitative estimate of drug-likeness (QED) is 0.161. The van der Waals surface area contributed by atoms with Crippen molar-refractivity contribution in [3.05, 3.63) is 12.7 Å². The van der Waals surface area contributed by atoms with Crippen LogP contribution in [0.4, 0.5) is 0 Å². The van der Waals surface area contributed by atoms with Crippen molar-refractivity contribution in [1.29, 1.82) is 0 Å². The molecule has 0 bridgehead atoms. The maximum atomic E-state index is 5.82. The fraction of sp³-hybridized carbons (Fsp3) is 0.850. The topological polar surface area (TPSA) is 58.1 Å². The van der Waals surface area contributed by atoms with E-state index in [0.29, 0.717) is 12.0 Å². The minimum Gasteiger partial charge on any atom is -0.381 e. The lowest BCUT2D eigenvalue weighted by Crippen LogP contribution is -2.48. The molecule has 0 aromatic heterocycles. The molecule has 7 heteroatoms. The average Bonchev–Trinajstić information content (AvgIpc) is 2.67. The van der Waals surface area contributed by atoms with Gasteiger partial charge < -0.3 is 20.1 Å². The molecule has 2 heterocycles. The van der Waals surface area contributed by atoms with Crippen LogP contribution in [0.15, 0.2) is 17.6 Å². The van der Waals surface area contributed by atoms with Gasteiger partial charge in [-0.15, -0.1) is 30.6 Å². The Morgan fingerprint density at radius 1 is 1.26 bits per heavy atom. The first-order valence-electron chi connectivity index (χ1n) is 10.4. The third kappa shape index (κ3) is 10.7. The molecule has 0 amide bonds. The molecular formula is C20H39IN4O2. The van der Waals surface area contributed by atoms with Gasteiger partial charge in [0.05, 0.1) is 0 Å². The van der Waals surface area contributed by atoms with Gasteiger partial charge in [-0.25, -0.2) is 0 Å². The zero-order valence-corrected chi connectivity index (χ0v) is 19.3. The summed E-state index contributed by atoms with van der Waals surface area (Å²) in [5.74, 6) is 1.62. The van der Waals surface area contributed by atoms with Gasteiger partial charge in [0.2, 0.25) is 0 Å². The highest BCUT2D eigenvalue weighted by Gasteiger charge is 2.19. The normalized spacial score (nSPS) is 20.1. The number of rotatable bonds is 10. The van der Waals surface area contributed by atoms with E-state index < -0.39 is 0 Å². The molecule has 27 heavy (non-hydrogen) atoms. The van der Waals surface area contributed by atoms with Crippen LogP contribution in [0.1, 0.15) is 39.0 Å². The van der Waals surface area contributed by atoms with E-state index in [1.807, 2.05) is 6.08 Å². The first kappa shape index (κ1) is 24.7. The monoisotopic (exact) mass is 494 g/mol. The zero-order chi connectivity index (χ0) is 18.5. The summed E-state index contributed by atoms with van der Waals surface area (Å²) in [6.45, 7) is 14.3. The van der Waals surface area contributed by atoms with Crippen molar-refractivity contribution in [3.63, 3.8) is 0 Å². The third-order valence-corrected chi connectivity index (χ3v) is 5.07. The summed E-state index contributed by atoms with van der Waals surface area (Å²) >= 11 is 0. The number of nitrogens with one attached hydrogen (secondary N) is 2. The van der Waals surface area contributed by atoms with Crippen LogP contribution in [0.25, 0.3) is 0 Å². The van der Waals surface area contributed by atoms with Crippen molar-refractivity contribution in [1.82, 2.24) is 15.5 Å². The second-order valence-corrected chi connectivity index (χ2v) is 7.25. The van der Waals surface area contributed by atoms with Crippen LogP contribution in [0.2, 0.25) is 0 Å². The van der Waals surface area contributed by atoms with Crippen molar-refractivity contribution in [2.45, 2.75) is 45.1 Å². The summed E-state index contributed by atoms with van der Waals surface area (Å²) in [5, 5.41) is 6.96. The van der Waals surface area contributed by atoms with Gasteiger partial charge in [0, 0.05) is 65.2 Å². The largest absolute Gasteiger partial charge is 0.381 e. The van der Waals surface area contributed by atoms with Crippen molar-refractivity contribution in [3.8, 4) is 0 Å². The molecule has 158 valence electrons. The molecule has 0 aliphatic carbocycles. The lowest BCUT2D eigenvalue weighted by atomic mass is 10.0. The van der Waals surface area contributed by atoms with Crippen LogP contribution in [-0.2, 0) is 9.47 Å². The fourth-order valence-electron chi connectivity index (χ4n) is 3.48. The van der Waals surface area contributed by atoms with E-state index >= 15 is 0 Å². The van der Waals surface area contributed by atoms with Gasteiger partial charge in [0.15, 0.2) is 5.96 Å². The Hall–Kier alpha value is -0.380. The second kappa shape index (κ2) is 15.5. The summed E-state index contributed by atoms with van der Waals surface area (Å²) in [4.78, 5) is 7.16. The standard InChI is InChI=1S/C20H38N4O2.HI/c1-3-11-24-12-6-19(7-13-24)23-20(21-4-2)22-10-5-14-26-17-18-8-15-25-16-9-18;/h3,18-19H,1,4-17H2,2H3,(H2,21,22,23);1H. The molecular weight excluding hydrogens is 455 g/mol. The summed E-state index contributed by atoms with van der Waals surface area (Å²) in [5.41, 5.74) is 0. The molecule has 0 spiro atoms. The highest BCUT2D eigenvalue weighted by molar-refractivity contribution is 14.0. The Bertz CT molecular complexity index is 409. The second-order valence-electron chi connectivity index (χ2n) is 7.25. The molecule has 0 radical (unpaired) electrons. The minimum absolute atomic E-state index is 0. The first-order valence-corrected chi connectivity index (χ1v) is 10.4. The Kier molecular flexibility index (Phi) is 14.2. The van der Waals surface area contributed by atoms with E-state index in [9.17, 15) is 0 Å². The van der Waals surface area contributed by atoms with E-state index in [2.05, 4.69) is 29.0 Å². The number of piperidine rings is 1. The number of aliphatic imine (C=N–C) groups is 1. The first-order chi connectivity index (χ1) is 12.8. The van der Waals surface area contributed by atoms with E-state index in [1.165, 1.54) is 0 Å². The van der Waals surface area contributed by atoms with Gasteiger partial charge in [0.1, 0.15) is 0 Å². The molecule has 0 saturated carbocycles. The van der Waals surface area contributed by atoms with Gasteiger partial charge in [0.25, 0.3) is 0 Å². The molecule has 0 unspecified atom stereocenters. The smallest absolute Gasteiger partial charge is 0.191 e. The van der Waals surface area contributed by atoms with E-state index in [4.69, 9.17) is 14.5 Å². The van der Waals surface area contributed by atoms with Crippen LogP contribution in [0.3, 0.4) is 0 Å². The highest BCUT2D eigenvalue weighted by Crippen LogP contribution is 2.14. The Morgan fingerprint density at radius 2 is 2.00 bits per heavy atom. The van der Waals surface area contributed by atoms with Crippen molar-refractivity contribution < 1.29 is 9.47 Å². The highest BCUT2D eigenvalue weighted by atomic mass is 127. The van der Waals surface area contributed by atoms with E-state index in [-0.39, 0.29) is 24.0 Å². The molecule has 0 aromatic rings. The Morgan fingerprint density at radius 3 is 2.67 bits per heavy atom. The van der Waals surface area contributed by atoms with E-state index in [1.54, 1.807) is 0 Å². The van der Waals surface area contributed by atoms with Crippen molar-refractivity contribution >= 4 is 29.9 Å². The summed E-state index contributed by atoms with van der Waals surface area (Å²) < 4.78 is 11.2. The van der Waals surface area contributed by atoms with Gasteiger partial charge in [-0.05, 0) is 44.9 Å². The molecule has 2 aliphatic rings. The lowest BCUT2D eigenvalue weighted by molar-refractivity contribution is 0.0205.